The van der Waals surface area contributed by atoms with Crippen LogP contribution in [0.2, 0.25) is 0 Å². The number of ether oxygens (including phenoxy) is 3. The zero-order valence-electron chi connectivity index (χ0n) is 52.5. The Morgan fingerprint density at radius 2 is 0.481 bits per heavy atom. The Morgan fingerprint density at radius 1 is 0.259 bits per heavy atom. The molecule has 0 saturated heterocycles. The van der Waals surface area contributed by atoms with Crippen LogP contribution in [0.4, 0.5) is 0 Å². The Labute approximate surface area is 499 Å². The van der Waals surface area contributed by atoms with E-state index in [9.17, 15) is 14.4 Å². The van der Waals surface area contributed by atoms with E-state index in [-0.39, 0.29) is 31.1 Å². The van der Waals surface area contributed by atoms with Crippen LogP contribution in [0.25, 0.3) is 0 Å². The van der Waals surface area contributed by atoms with Crippen LogP contribution >= 0.6 is 0 Å². The SMILES string of the molecule is CC/C=C\C/C=C\C/C=C\C/C=C\C/C=C\C/C=C\C/C=C\C/C=C\C/C=C\CCCCCCCCCC(=O)OCC(COC(=O)CCCCCCC)OC(=O)CCCCCCCCCC/C=C\C/C=C\C/C=C\CCCCCCC. The molecule has 1 unspecified atom stereocenters. The Hall–Kier alpha value is -4.71. The molecule has 0 rings (SSSR count). The van der Waals surface area contributed by atoms with Crippen molar-refractivity contribution in [3.63, 3.8) is 0 Å². The minimum absolute atomic E-state index is 0.0885. The van der Waals surface area contributed by atoms with Gasteiger partial charge in [-0.3, -0.25) is 14.4 Å². The number of esters is 3. The lowest BCUT2D eigenvalue weighted by molar-refractivity contribution is -0.167. The molecule has 0 amide bonds. The maximum atomic E-state index is 12.8. The van der Waals surface area contributed by atoms with Crippen molar-refractivity contribution >= 4 is 17.9 Å². The summed E-state index contributed by atoms with van der Waals surface area (Å²) in [5.41, 5.74) is 0. The molecule has 6 heteroatoms. The molecule has 0 aliphatic carbocycles. The fraction of sp³-hybridized carbons (Fsp3) is 0.640. The molecule has 0 aromatic carbocycles. The van der Waals surface area contributed by atoms with Gasteiger partial charge in [-0.1, -0.05) is 289 Å². The number of rotatable bonds is 59. The fourth-order valence-electron chi connectivity index (χ4n) is 8.85. The van der Waals surface area contributed by atoms with Gasteiger partial charge in [-0.05, 0) is 128 Å². The average molecular weight is 1120 g/mol. The third-order valence-corrected chi connectivity index (χ3v) is 13.8. The maximum absolute atomic E-state index is 12.8. The average Bonchev–Trinajstić information content (AvgIpc) is 3.47. The first-order chi connectivity index (χ1) is 40.0. The van der Waals surface area contributed by atoms with E-state index in [1.54, 1.807) is 0 Å². The van der Waals surface area contributed by atoms with Crippen molar-refractivity contribution in [3.05, 3.63) is 146 Å². The van der Waals surface area contributed by atoms with Gasteiger partial charge in [0.1, 0.15) is 13.2 Å². The molecule has 0 spiro atoms. The van der Waals surface area contributed by atoms with Crippen LogP contribution in [0.3, 0.4) is 0 Å². The minimum atomic E-state index is -0.789. The quantitative estimate of drug-likeness (QED) is 0.0261. The third kappa shape index (κ3) is 66.0. The lowest BCUT2D eigenvalue weighted by Crippen LogP contribution is -2.30. The second-order valence-corrected chi connectivity index (χ2v) is 21.6. The van der Waals surface area contributed by atoms with Gasteiger partial charge in [0.2, 0.25) is 0 Å². The van der Waals surface area contributed by atoms with E-state index in [1.165, 1.54) is 96.3 Å². The van der Waals surface area contributed by atoms with E-state index in [1.807, 2.05) is 0 Å². The van der Waals surface area contributed by atoms with Gasteiger partial charge in [0.05, 0.1) is 0 Å². The van der Waals surface area contributed by atoms with Crippen molar-refractivity contribution < 1.29 is 28.6 Å². The molecule has 81 heavy (non-hydrogen) atoms. The predicted molar refractivity (Wildman–Crippen MR) is 352 cm³/mol. The van der Waals surface area contributed by atoms with E-state index in [0.717, 1.165) is 154 Å². The van der Waals surface area contributed by atoms with Gasteiger partial charge in [-0.2, -0.15) is 0 Å². The lowest BCUT2D eigenvalue weighted by atomic mass is 10.1. The fourth-order valence-corrected chi connectivity index (χ4v) is 8.85. The van der Waals surface area contributed by atoms with E-state index in [4.69, 9.17) is 14.2 Å². The molecule has 0 aliphatic heterocycles. The van der Waals surface area contributed by atoms with Crippen molar-refractivity contribution in [2.24, 2.45) is 0 Å². The molecule has 0 bridgehead atoms. The summed E-state index contributed by atoms with van der Waals surface area (Å²) in [5, 5.41) is 0. The molecule has 0 radical (unpaired) electrons. The van der Waals surface area contributed by atoms with Crippen LogP contribution < -0.4 is 0 Å². The largest absolute Gasteiger partial charge is 0.462 e. The summed E-state index contributed by atoms with van der Waals surface area (Å²) in [6.45, 7) is 6.42. The highest BCUT2D eigenvalue weighted by molar-refractivity contribution is 5.71. The van der Waals surface area contributed by atoms with Crippen LogP contribution in [0, 0.1) is 0 Å². The molecule has 0 fully saturated rings. The second kappa shape index (κ2) is 67.8. The summed E-state index contributed by atoms with van der Waals surface area (Å²) in [6.07, 6.45) is 97.6. The summed E-state index contributed by atoms with van der Waals surface area (Å²) >= 11 is 0. The molecule has 0 N–H and O–H groups in total. The number of unbranched alkanes of at least 4 members (excludes halogenated alkanes) is 24. The van der Waals surface area contributed by atoms with Crippen molar-refractivity contribution in [1.82, 2.24) is 0 Å². The molecule has 1 atom stereocenters. The molecular weight excluding hydrogens is 997 g/mol. The van der Waals surface area contributed by atoms with Crippen molar-refractivity contribution in [1.29, 1.82) is 0 Å². The van der Waals surface area contributed by atoms with Gasteiger partial charge in [-0.25, -0.2) is 0 Å². The van der Waals surface area contributed by atoms with Crippen LogP contribution in [0.5, 0.6) is 0 Å². The molecule has 0 aliphatic rings. The van der Waals surface area contributed by atoms with E-state index >= 15 is 0 Å². The van der Waals surface area contributed by atoms with E-state index in [2.05, 4.69) is 167 Å². The van der Waals surface area contributed by atoms with E-state index < -0.39 is 6.10 Å². The molecule has 458 valence electrons. The highest BCUT2D eigenvalue weighted by atomic mass is 16.6. The highest BCUT2D eigenvalue weighted by Gasteiger charge is 2.19. The first-order valence-corrected chi connectivity index (χ1v) is 33.3. The normalized spacial score (nSPS) is 13.1. The number of allylic oxidation sites excluding steroid dienone is 24. The first kappa shape index (κ1) is 76.3. The van der Waals surface area contributed by atoms with Gasteiger partial charge in [0.25, 0.3) is 0 Å². The Kier molecular flexibility index (Phi) is 63.9. The zero-order valence-corrected chi connectivity index (χ0v) is 52.5. The van der Waals surface area contributed by atoms with Crippen LogP contribution in [-0.4, -0.2) is 37.2 Å². The molecular formula is C75H122O6. The van der Waals surface area contributed by atoms with Gasteiger partial charge < -0.3 is 14.2 Å². The molecule has 0 heterocycles. The first-order valence-electron chi connectivity index (χ1n) is 33.3. The molecule has 0 aromatic rings. The molecule has 0 aromatic heterocycles. The van der Waals surface area contributed by atoms with Gasteiger partial charge in [0, 0.05) is 19.3 Å². The zero-order chi connectivity index (χ0) is 58.5. The molecule has 6 nitrogen and oxygen atoms in total. The Bertz CT molecular complexity index is 1760. The number of hydrogen-bond donors (Lipinski definition) is 0. The monoisotopic (exact) mass is 1120 g/mol. The van der Waals surface area contributed by atoms with Gasteiger partial charge in [0.15, 0.2) is 6.10 Å². The summed E-state index contributed by atoms with van der Waals surface area (Å²) in [5.74, 6) is -0.921. The van der Waals surface area contributed by atoms with Crippen LogP contribution in [0.15, 0.2) is 146 Å². The molecule has 0 saturated carbocycles. The smallest absolute Gasteiger partial charge is 0.306 e. The second-order valence-electron chi connectivity index (χ2n) is 21.6. The third-order valence-electron chi connectivity index (χ3n) is 13.8. The summed E-state index contributed by atoms with van der Waals surface area (Å²) in [7, 11) is 0. The lowest BCUT2D eigenvalue weighted by Gasteiger charge is -2.18. The van der Waals surface area contributed by atoms with Crippen LogP contribution in [0.1, 0.15) is 290 Å². The Morgan fingerprint density at radius 3 is 0.753 bits per heavy atom. The van der Waals surface area contributed by atoms with Gasteiger partial charge in [-0.15, -0.1) is 0 Å². The summed E-state index contributed by atoms with van der Waals surface area (Å²) < 4.78 is 16.8. The standard InChI is InChI=1S/C75H122O6/c1-4-7-10-13-15-17-19-21-23-25-27-29-31-32-33-34-35-36-37-38-39-40-41-42-44-45-47-49-51-53-55-57-59-62-65-68-74(77)80-71-72(70-79-73(76)67-64-61-12-9-6-3)81-75(78)69-66-63-60-58-56-54-52-50-48-46-43-30-28-26-24-22-20-18-16-14-11-8-5-2/h7,10,15,17,20-23,26-29,32-33,35-36,38-39,41-43,45-47,72H,4-6,8-9,11-14,16,18-19,24-25,30-31,34,37,40,44,48-71H2,1-3H3/b10-7-,17-15-,22-20-,23-21-,28-26-,29-27-,33-32-,36-35-,39-38-,42-41-,46-43-,47-45-. The maximum Gasteiger partial charge on any atom is 0.306 e. The van der Waals surface area contributed by atoms with Crippen LogP contribution in [-0.2, 0) is 28.6 Å². The van der Waals surface area contributed by atoms with Crippen molar-refractivity contribution in [2.75, 3.05) is 13.2 Å². The van der Waals surface area contributed by atoms with Gasteiger partial charge >= 0.3 is 17.9 Å². The minimum Gasteiger partial charge on any atom is -0.462 e. The number of carbonyl (C=O) groups is 3. The van der Waals surface area contributed by atoms with Crippen molar-refractivity contribution in [2.45, 2.75) is 297 Å². The Balaban J connectivity index is 4.10. The van der Waals surface area contributed by atoms with E-state index in [0.29, 0.717) is 19.3 Å². The topological polar surface area (TPSA) is 78.9 Å². The summed E-state index contributed by atoms with van der Waals surface area (Å²) in [6, 6.07) is 0. The number of hydrogen-bond acceptors (Lipinski definition) is 6. The van der Waals surface area contributed by atoms with Crippen molar-refractivity contribution in [3.8, 4) is 0 Å². The highest BCUT2D eigenvalue weighted by Crippen LogP contribution is 2.15. The summed E-state index contributed by atoms with van der Waals surface area (Å²) in [4.78, 5) is 38.0. The predicted octanol–water partition coefficient (Wildman–Crippen LogP) is 23.1. The number of carbonyl (C=O) groups excluding carboxylic acids is 3.